The summed E-state index contributed by atoms with van der Waals surface area (Å²) >= 11 is 0. The summed E-state index contributed by atoms with van der Waals surface area (Å²) in [5, 5.41) is 3.14. The van der Waals surface area contributed by atoms with Gasteiger partial charge in [0.1, 0.15) is 0 Å². The van der Waals surface area contributed by atoms with Crippen LogP contribution in [0.25, 0.3) is 0 Å². The number of nitrogens with one attached hydrogen (secondary N) is 2. The van der Waals surface area contributed by atoms with Crippen molar-refractivity contribution in [3.8, 4) is 0 Å². The molecule has 1 atom stereocenters. The van der Waals surface area contributed by atoms with Crippen LogP contribution in [0.2, 0.25) is 0 Å². The van der Waals surface area contributed by atoms with Crippen molar-refractivity contribution in [1.29, 1.82) is 0 Å². The Balaban J connectivity index is 1.35. The average molecular weight is 362 g/mol. The van der Waals surface area contributed by atoms with Crippen molar-refractivity contribution >= 4 is 11.8 Å². The number of ether oxygens (including phenoxy) is 1. The number of aromatic nitrogens is 1. The molecule has 2 N–H and O–H groups in total. The van der Waals surface area contributed by atoms with Gasteiger partial charge >= 0.3 is 0 Å². The van der Waals surface area contributed by atoms with Crippen molar-refractivity contribution in [2.24, 2.45) is 11.8 Å². The highest BCUT2D eigenvalue weighted by Gasteiger charge is 2.29. The molecule has 7 nitrogen and oxygen atoms in total. The maximum atomic E-state index is 12.4. The van der Waals surface area contributed by atoms with Gasteiger partial charge < -0.3 is 24.8 Å². The molecule has 0 radical (unpaired) electrons. The first-order valence-corrected chi connectivity index (χ1v) is 9.58. The number of hydrogen-bond acceptors (Lipinski definition) is 4. The fourth-order valence-electron chi connectivity index (χ4n) is 3.84. The van der Waals surface area contributed by atoms with Crippen LogP contribution in [0.3, 0.4) is 0 Å². The van der Waals surface area contributed by atoms with E-state index in [2.05, 4.69) is 15.2 Å². The lowest BCUT2D eigenvalue weighted by atomic mass is 9.96. The van der Waals surface area contributed by atoms with Gasteiger partial charge in [-0.2, -0.15) is 0 Å². The van der Waals surface area contributed by atoms with E-state index >= 15 is 0 Å². The lowest BCUT2D eigenvalue weighted by molar-refractivity contribution is -0.124. The lowest BCUT2D eigenvalue weighted by Gasteiger charge is -2.32. The van der Waals surface area contributed by atoms with E-state index in [0.29, 0.717) is 12.5 Å². The predicted octanol–water partition coefficient (Wildman–Crippen LogP) is 0.951. The zero-order valence-corrected chi connectivity index (χ0v) is 15.6. The number of amides is 2. The molecule has 3 rings (SSSR count). The number of carbonyl (C=O) groups is 2. The molecule has 2 fully saturated rings. The summed E-state index contributed by atoms with van der Waals surface area (Å²) in [7, 11) is 1.71. The zero-order valence-electron chi connectivity index (χ0n) is 15.6. The molecule has 0 aromatic carbocycles. The number of H-pyrrole nitrogens is 1. The molecular weight excluding hydrogens is 332 g/mol. The van der Waals surface area contributed by atoms with Crippen LogP contribution in [0.4, 0.5) is 0 Å². The summed E-state index contributed by atoms with van der Waals surface area (Å²) < 4.78 is 5.10. The Hall–Kier alpha value is -1.86. The molecule has 2 aliphatic heterocycles. The second-order valence-corrected chi connectivity index (χ2v) is 7.36. The molecule has 1 unspecified atom stereocenters. The molecule has 1 aromatic rings. The van der Waals surface area contributed by atoms with E-state index in [1.165, 1.54) is 0 Å². The third-order valence-corrected chi connectivity index (χ3v) is 5.57. The Bertz CT molecular complexity index is 582. The van der Waals surface area contributed by atoms with Gasteiger partial charge in [0.25, 0.3) is 5.91 Å². The number of methoxy groups -OCH3 is 1. The van der Waals surface area contributed by atoms with E-state index in [1.54, 1.807) is 19.5 Å². The van der Waals surface area contributed by atoms with E-state index in [9.17, 15) is 9.59 Å². The van der Waals surface area contributed by atoms with Crippen molar-refractivity contribution in [2.75, 3.05) is 53.0 Å². The minimum Gasteiger partial charge on any atom is -0.383 e. The van der Waals surface area contributed by atoms with Gasteiger partial charge in [0, 0.05) is 52.2 Å². The van der Waals surface area contributed by atoms with Crippen LogP contribution in [0.1, 0.15) is 29.6 Å². The maximum absolute atomic E-state index is 12.4. The molecule has 0 bridgehead atoms. The normalized spacial score (nSPS) is 21.9. The van der Waals surface area contributed by atoms with E-state index in [1.807, 2.05) is 11.0 Å². The second kappa shape index (κ2) is 9.19. The third kappa shape index (κ3) is 4.86. The van der Waals surface area contributed by atoms with Crippen molar-refractivity contribution < 1.29 is 14.3 Å². The second-order valence-electron chi connectivity index (χ2n) is 7.36. The van der Waals surface area contributed by atoms with E-state index in [4.69, 9.17) is 4.74 Å². The maximum Gasteiger partial charge on any atom is 0.255 e. The molecule has 1 aromatic heterocycles. The summed E-state index contributed by atoms with van der Waals surface area (Å²) in [5.74, 6) is 0.828. The largest absolute Gasteiger partial charge is 0.383 e. The Morgan fingerprint density at radius 1 is 1.27 bits per heavy atom. The van der Waals surface area contributed by atoms with Gasteiger partial charge in [-0.3, -0.25) is 9.59 Å². The Morgan fingerprint density at radius 2 is 2.08 bits per heavy atom. The van der Waals surface area contributed by atoms with Crippen molar-refractivity contribution in [3.05, 3.63) is 24.0 Å². The van der Waals surface area contributed by atoms with Crippen LogP contribution >= 0.6 is 0 Å². The van der Waals surface area contributed by atoms with E-state index in [0.717, 1.165) is 64.1 Å². The third-order valence-electron chi connectivity index (χ3n) is 5.57. The molecular formula is C19H30N4O3. The number of likely N-dealkylation sites (tertiary alicyclic amines) is 2. The number of hydrogen-bond donors (Lipinski definition) is 2. The molecule has 0 aliphatic carbocycles. The number of aromatic amines is 1. The highest BCUT2D eigenvalue weighted by Crippen LogP contribution is 2.20. The number of rotatable bonds is 7. The molecule has 0 saturated carbocycles. The molecule has 7 heteroatoms. The monoisotopic (exact) mass is 362 g/mol. The minimum absolute atomic E-state index is 0.0934. The summed E-state index contributed by atoms with van der Waals surface area (Å²) in [6.45, 7) is 5.67. The molecule has 0 spiro atoms. The van der Waals surface area contributed by atoms with Gasteiger partial charge in [0.05, 0.1) is 18.1 Å². The van der Waals surface area contributed by atoms with Gasteiger partial charge in [-0.25, -0.2) is 0 Å². The molecule has 3 heterocycles. The Morgan fingerprint density at radius 3 is 2.77 bits per heavy atom. The minimum atomic E-state index is 0.0934. The first-order chi connectivity index (χ1) is 12.7. The fraction of sp³-hybridized carbons (Fsp3) is 0.684. The number of carbonyl (C=O) groups excluding carboxylic acids is 2. The first kappa shape index (κ1) is 18.9. The van der Waals surface area contributed by atoms with Crippen LogP contribution in [-0.4, -0.2) is 79.6 Å². The average Bonchev–Trinajstić information content (AvgIpc) is 3.36. The molecule has 2 amide bonds. The smallest absolute Gasteiger partial charge is 0.255 e. The summed E-state index contributed by atoms with van der Waals surface area (Å²) in [6, 6.07) is 1.81. The van der Waals surface area contributed by atoms with Crippen molar-refractivity contribution in [1.82, 2.24) is 20.1 Å². The highest BCUT2D eigenvalue weighted by atomic mass is 16.5. The van der Waals surface area contributed by atoms with Crippen molar-refractivity contribution in [3.63, 3.8) is 0 Å². The van der Waals surface area contributed by atoms with Gasteiger partial charge in [-0.05, 0) is 37.8 Å². The van der Waals surface area contributed by atoms with Crippen LogP contribution < -0.4 is 5.32 Å². The zero-order chi connectivity index (χ0) is 18.4. The summed E-state index contributed by atoms with van der Waals surface area (Å²) in [6.07, 6.45) is 6.34. The lowest BCUT2D eigenvalue weighted by Crippen LogP contribution is -2.42. The molecule has 2 saturated heterocycles. The molecule has 26 heavy (non-hydrogen) atoms. The fourth-order valence-corrected chi connectivity index (χ4v) is 3.84. The SMILES string of the molecule is COCCN1CCC(C(=O)NCC2CCN(C(=O)c3cc[nH]c3)CC2)C1. The predicted molar refractivity (Wildman–Crippen MR) is 98.9 cm³/mol. The van der Waals surface area contributed by atoms with Gasteiger partial charge in [-0.1, -0.05) is 0 Å². The van der Waals surface area contributed by atoms with Crippen LogP contribution in [0, 0.1) is 11.8 Å². The summed E-state index contributed by atoms with van der Waals surface area (Å²) in [4.78, 5) is 31.9. The summed E-state index contributed by atoms with van der Waals surface area (Å²) in [5.41, 5.74) is 0.719. The highest BCUT2D eigenvalue weighted by molar-refractivity contribution is 5.94. The standard InChI is InChI=1S/C19H30N4O3/c1-26-11-10-22-7-5-17(14-22)18(24)21-12-15-3-8-23(9-4-15)19(25)16-2-6-20-13-16/h2,6,13,15,17,20H,3-5,7-12,14H2,1H3,(H,21,24). The van der Waals surface area contributed by atoms with Gasteiger partial charge in [0.2, 0.25) is 5.91 Å². The topological polar surface area (TPSA) is 77.7 Å². The Kier molecular flexibility index (Phi) is 6.68. The van der Waals surface area contributed by atoms with Gasteiger partial charge in [0.15, 0.2) is 0 Å². The van der Waals surface area contributed by atoms with E-state index in [-0.39, 0.29) is 17.7 Å². The van der Waals surface area contributed by atoms with Crippen LogP contribution in [0.15, 0.2) is 18.5 Å². The van der Waals surface area contributed by atoms with Gasteiger partial charge in [-0.15, -0.1) is 0 Å². The first-order valence-electron chi connectivity index (χ1n) is 9.58. The van der Waals surface area contributed by atoms with Crippen LogP contribution in [0.5, 0.6) is 0 Å². The van der Waals surface area contributed by atoms with Crippen LogP contribution in [-0.2, 0) is 9.53 Å². The van der Waals surface area contributed by atoms with E-state index < -0.39 is 0 Å². The molecule has 2 aliphatic rings. The van der Waals surface area contributed by atoms with Crippen molar-refractivity contribution in [2.45, 2.75) is 19.3 Å². The Labute approximate surface area is 155 Å². The quantitative estimate of drug-likeness (QED) is 0.757. The number of nitrogens with zero attached hydrogens (tertiary/aromatic N) is 2. The number of piperidine rings is 1. The molecule has 144 valence electrons.